The van der Waals surface area contributed by atoms with E-state index < -0.39 is 5.41 Å². The third-order valence-corrected chi connectivity index (χ3v) is 4.30. The first-order valence-corrected chi connectivity index (χ1v) is 8.81. The average Bonchev–Trinajstić information content (AvgIpc) is 2.38. The molecule has 21 heavy (non-hydrogen) atoms. The molecule has 1 aromatic carbocycles. The minimum Gasteiger partial charge on any atom is -0.396 e. The van der Waals surface area contributed by atoms with Crippen molar-refractivity contribution in [3.05, 3.63) is 34.9 Å². The van der Waals surface area contributed by atoms with Gasteiger partial charge in [-0.15, -0.1) is 0 Å². The van der Waals surface area contributed by atoms with E-state index in [1.807, 2.05) is 44.4 Å². The Labute approximate surface area is 136 Å². The molecular weight excluding hydrogens is 306 g/mol. The maximum atomic E-state index is 12.5. The SMILES string of the molecule is CSCC(CCO)NC(=O)C(C)(C)Cc1cccc(Cl)c1. The molecule has 1 atom stereocenters. The van der Waals surface area contributed by atoms with Crippen molar-refractivity contribution in [2.45, 2.75) is 32.7 Å². The summed E-state index contributed by atoms with van der Waals surface area (Å²) >= 11 is 7.65. The van der Waals surface area contributed by atoms with Gasteiger partial charge in [0.15, 0.2) is 0 Å². The Morgan fingerprint density at radius 1 is 1.48 bits per heavy atom. The number of nitrogens with one attached hydrogen (secondary N) is 1. The summed E-state index contributed by atoms with van der Waals surface area (Å²) in [5, 5.41) is 12.8. The molecule has 0 bridgehead atoms. The first-order chi connectivity index (χ1) is 9.89. The highest BCUT2D eigenvalue weighted by Crippen LogP contribution is 2.24. The van der Waals surface area contributed by atoms with E-state index in [1.165, 1.54) is 0 Å². The molecule has 0 saturated heterocycles. The Bertz CT molecular complexity index is 459. The molecule has 0 aliphatic heterocycles. The van der Waals surface area contributed by atoms with Crippen LogP contribution < -0.4 is 5.32 Å². The molecule has 0 aliphatic carbocycles. The predicted molar refractivity (Wildman–Crippen MR) is 91.0 cm³/mol. The molecule has 1 unspecified atom stereocenters. The molecule has 3 nitrogen and oxygen atoms in total. The van der Waals surface area contributed by atoms with Gasteiger partial charge >= 0.3 is 0 Å². The second-order valence-electron chi connectivity index (χ2n) is 5.83. The van der Waals surface area contributed by atoms with Gasteiger partial charge in [-0.1, -0.05) is 37.6 Å². The van der Waals surface area contributed by atoms with Crippen LogP contribution >= 0.6 is 23.4 Å². The summed E-state index contributed by atoms with van der Waals surface area (Å²) in [5.74, 6) is 0.814. The summed E-state index contributed by atoms with van der Waals surface area (Å²) in [5.41, 5.74) is 0.530. The number of carbonyl (C=O) groups is 1. The van der Waals surface area contributed by atoms with Crippen molar-refractivity contribution in [1.29, 1.82) is 0 Å². The normalized spacial score (nSPS) is 13.0. The predicted octanol–water partition coefficient (Wildman–Crippen LogP) is 3.14. The van der Waals surface area contributed by atoms with Gasteiger partial charge in [-0.05, 0) is 36.8 Å². The number of hydrogen-bond donors (Lipinski definition) is 2. The monoisotopic (exact) mass is 329 g/mol. The van der Waals surface area contributed by atoms with Crippen LogP contribution in [0.2, 0.25) is 5.02 Å². The van der Waals surface area contributed by atoms with Crippen LogP contribution in [0, 0.1) is 5.41 Å². The lowest BCUT2D eigenvalue weighted by molar-refractivity contribution is -0.130. The molecule has 1 rings (SSSR count). The lowest BCUT2D eigenvalue weighted by atomic mass is 9.84. The van der Waals surface area contributed by atoms with Crippen molar-refractivity contribution in [2.24, 2.45) is 5.41 Å². The highest BCUT2D eigenvalue weighted by atomic mass is 35.5. The highest BCUT2D eigenvalue weighted by Gasteiger charge is 2.29. The molecule has 1 amide bonds. The Hall–Kier alpha value is -0.710. The molecule has 0 fully saturated rings. The van der Waals surface area contributed by atoms with E-state index >= 15 is 0 Å². The van der Waals surface area contributed by atoms with Crippen molar-refractivity contribution in [2.75, 3.05) is 18.6 Å². The van der Waals surface area contributed by atoms with Crippen molar-refractivity contribution in [3.63, 3.8) is 0 Å². The fourth-order valence-electron chi connectivity index (χ4n) is 2.17. The third-order valence-electron chi connectivity index (χ3n) is 3.33. The Balaban J connectivity index is 2.69. The van der Waals surface area contributed by atoms with Crippen LogP contribution in [0.3, 0.4) is 0 Å². The van der Waals surface area contributed by atoms with Crippen molar-refractivity contribution >= 4 is 29.3 Å². The van der Waals surface area contributed by atoms with Gasteiger partial charge in [-0.2, -0.15) is 11.8 Å². The van der Waals surface area contributed by atoms with Crippen LogP contribution in [0.4, 0.5) is 0 Å². The van der Waals surface area contributed by atoms with Crippen LogP contribution in [-0.4, -0.2) is 35.7 Å². The lowest BCUT2D eigenvalue weighted by Gasteiger charge is -2.27. The summed E-state index contributed by atoms with van der Waals surface area (Å²) in [6.45, 7) is 3.94. The van der Waals surface area contributed by atoms with Gasteiger partial charge in [0.25, 0.3) is 0 Å². The summed E-state index contributed by atoms with van der Waals surface area (Å²) < 4.78 is 0. The number of thioether (sulfide) groups is 1. The number of aliphatic hydroxyl groups excluding tert-OH is 1. The molecule has 0 radical (unpaired) electrons. The smallest absolute Gasteiger partial charge is 0.226 e. The summed E-state index contributed by atoms with van der Waals surface area (Å²) in [6.07, 6.45) is 3.21. The van der Waals surface area contributed by atoms with Crippen LogP contribution in [0.15, 0.2) is 24.3 Å². The molecule has 0 aliphatic rings. The van der Waals surface area contributed by atoms with Crippen molar-refractivity contribution in [3.8, 4) is 0 Å². The van der Waals surface area contributed by atoms with E-state index in [2.05, 4.69) is 5.32 Å². The molecule has 118 valence electrons. The number of benzene rings is 1. The highest BCUT2D eigenvalue weighted by molar-refractivity contribution is 7.98. The number of carbonyl (C=O) groups excluding carboxylic acids is 1. The molecule has 0 saturated carbocycles. The second-order valence-corrected chi connectivity index (χ2v) is 7.18. The lowest BCUT2D eigenvalue weighted by Crippen LogP contribution is -2.45. The topological polar surface area (TPSA) is 49.3 Å². The Morgan fingerprint density at radius 3 is 2.76 bits per heavy atom. The van der Waals surface area contributed by atoms with E-state index in [0.29, 0.717) is 17.9 Å². The van der Waals surface area contributed by atoms with Crippen molar-refractivity contribution in [1.82, 2.24) is 5.32 Å². The van der Waals surface area contributed by atoms with Crippen LogP contribution in [0.5, 0.6) is 0 Å². The van der Waals surface area contributed by atoms with Crippen LogP contribution in [0.1, 0.15) is 25.8 Å². The molecule has 0 aromatic heterocycles. The fraction of sp³-hybridized carbons (Fsp3) is 0.562. The minimum absolute atomic E-state index is 0.00924. The van der Waals surface area contributed by atoms with Gasteiger partial charge in [-0.25, -0.2) is 0 Å². The van der Waals surface area contributed by atoms with E-state index in [0.717, 1.165) is 11.3 Å². The molecule has 5 heteroatoms. The summed E-state index contributed by atoms with van der Waals surface area (Å²) in [7, 11) is 0. The number of hydrogen-bond acceptors (Lipinski definition) is 3. The average molecular weight is 330 g/mol. The summed E-state index contributed by atoms with van der Waals surface area (Å²) in [6, 6.07) is 7.61. The van der Waals surface area contributed by atoms with Gasteiger partial charge in [-0.3, -0.25) is 4.79 Å². The number of amides is 1. The second kappa shape index (κ2) is 8.66. The van der Waals surface area contributed by atoms with Crippen LogP contribution in [0.25, 0.3) is 0 Å². The maximum absolute atomic E-state index is 12.5. The molecule has 0 heterocycles. The number of aliphatic hydroxyl groups is 1. The molecular formula is C16H24ClNO2S. The van der Waals surface area contributed by atoms with E-state index in [1.54, 1.807) is 11.8 Å². The zero-order valence-corrected chi connectivity index (χ0v) is 14.4. The standard InChI is InChI=1S/C16H24ClNO2S/c1-16(2,10-12-5-4-6-13(17)9-12)15(20)18-14(7-8-19)11-21-3/h4-6,9,14,19H,7-8,10-11H2,1-3H3,(H,18,20). The molecule has 2 N–H and O–H groups in total. The van der Waals surface area contributed by atoms with Gasteiger partial charge < -0.3 is 10.4 Å². The summed E-state index contributed by atoms with van der Waals surface area (Å²) in [4.78, 5) is 12.5. The zero-order chi connectivity index (χ0) is 15.9. The van der Waals surface area contributed by atoms with Gasteiger partial charge in [0, 0.05) is 28.8 Å². The third kappa shape index (κ3) is 6.29. The number of rotatable bonds is 8. The number of halogens is 1. The van der Waals surface area contributed by atoms with Crippen molar-refractivity contribution < 1.29 is 9.90 Å². The van der Waals surface area contributed by atoms with E-state index in [4.69, 9.17) is 16.7 Å². The fourth-order valence-corrected chi connectivity index (χ4v) is 3.04. The molecule has 0 spiro atoms. The zero-order valence-electron chi connectivity index (χ0n) is 12.9. The van der Waals surface area contributed by atoms with Gasteiger partial charge in [0.1, 0.15) is 0 Å². The quantitative estimate of drug-likeness (QED) is 0.770. The van der Waals surface area contributed by atoms with E-state index in [-0.39, 0.29) is 18.6 Å². The van der Waals surface area contributed by atoms with E-state index in [9.17, 15) is 4.79 Å². The maximum Gasteiger partial charge on any atom is 0.226 e. The van der Waals surface area contributed by atoms with Gasteiger partial charge in [0.05, 0.1) is 0 Å². The van der Waals surface area contributed by atoms with Gasteiger partial charge in [0.2, 0.25) is 5.91 Å². The first kappa shape index (κ1) is 18.3. The minimum atomic E-state index is -0.517. The first-order valence-electron chi connectivity index (χ1n) is 7.04. The Kier molecular flexibility index (Phi) is 7.57. The Morgan fingerprint density at radius 2 is 2.19 bits per heavy atom. The largest absolute Gasteiger partial charge is 0.396 e. The van der Waals surface area contributed by atoms with Crippen LogP contribution in [-0.2, 0) is 11.2 Å². The molecule has 1 aromatic rings.